The molecule has 3 nitrogen and oxygen atoms in total. The minimum absolute atomic E-state index is 0.123. The van der Waals surface area contributed by atoms with Crippen molar-refractivity contribution in [3.8, 4) is 6.07 Å². The van der Waals surface area contributed by atoms with Gasteiger partial charge in [0.2, 0.25) is 5.91 Å². The molecule has 3 aliphatic carbocycles. The first-order valence-corrected chi connectivity index (χ1v) is 6.27. The molecule has 3 rings (SSSR count). The van der Waals surface area contributed by atoms with Crippen LogP contribution in [0.15, 0.2) is 0 Å². The molecule has 3 aliphatic rings. The Balaban J connectivity index is 1.65. The number of nitrogens with zero attached hydrogens (tertiary/aromatic N) is 1. The second-order valence-electron chi connectivity index (χ2n) is 6.24. The average Bonchev–Trinajstić information content (AvgIpc) is 2.69. The molecule has 0 spiro atoms. The summed E-state index contributed by atoms with van der Waals surface area (Å²) in [6, 6.07) is 2.13. The van der Waals surface area contributed by atoms with Gasteiger partial charge in [0, 0.05) is 5.92 Å². The van der Waals surface area contributed by atoms with E-state index in [1.807, 2.05) is 0 Å². The Bertz CT molecular complexity index is 366. The van der Waals surface area contributed by atoms with E-state index in [1.54, 1.807) is 13.8 Å². The van der Waals surface area contributed by atoms with Gasteiger partial charge in [-0.1, -0.05) is 0 Å². The molecular formula is C13H18N2O. The molecule has 4 unspecified atom stereocenters. The fourth-order valence-corrected chi connectivity index (χ4v) is 4.09. The van der Waals surface area contributed by atoms with Gasteiger partial charge in [-0.05, 0) is 56.8 Å². The van der Waals surface area contributed by atoms with Crippen LogP contribution in [0.5, 0.6) is 0 Å². The average molecular weight is 218 g/mol. The molecule has 2 bridgehead atoms. The van der Waals surface area contributed by atoms with Crippen molar-refractivity contribution in [1.82, 2.24) is 5.32 Å². The number of rotatable bonds is 2. The van der Waals surface area contributed by atoms with Gasteiger partial charge in [0.15, 0.2) is 0 Å². The number of amides is 1. The SMILES string of the molecule is CC(C)(C#N)NC(=O)C1C2C3CCC(C3)C12. The molecule has 0 heterocycles. The van der Waals surface area contributed by atoms with Gasteiger partial charge in [-0.3, -0.25) is 4.79 Å². The molecule has 3 fully saturated rings. The molecule has 4 atom stereocenters. The number of fused-ring (bicyclic) bond motifs is 5. The summed E-state index contributed by atoms with van der Waals surface area (Å²) in [5.41, 5.74) is -0.715. The van der Waals surface area contributed by atoms with Crippen LogP contribution in [-0.2, 0) is 4.79 Å². The smallest absolute Gasteiger partial charge is 0.224 e. The van der Waals surface area contributed by atoms with E-state index in [1.165, 1.54) is 19.3 Å². The van der Waals surface area contributed by atoms with E-state index < -0.39 is 5.54 Å². The molecule has 1 amide bonds. The lowest BCUT2D eigenvalue weighted by molar-refractivity contribution is -0.124. The maximum Gasteiger partial charge on any atom is 0.224 e. The number of hydrogen-bond donors (Lipinski definition) is 1. The first-order chi connectivity index (χ1) is 7.53. The normalized spacial score (nSPS) is 43.7. The second-order valence-corrected chi connectivity index (χ2v) is 6.24. The van der Waals surface area contributed by atoms with E-state index in [4.69, 9.17) is 5.26 Å². The van der Waals surface area contributed by atoms with E-state index in [2.05, 4.69) is 11.4 Å². The van der Waals surface area contributed by atoms with E-state index in [0.717, 1.165) is 11.8 Å². The number of carbonyl (C=O) groups excluding carboxylic acids is 1. The molecule has 1 N–H and O–H groups in total. The van der Waals surface area contributed by atoms with Crippen LogP contribution in [0.1, 0.15) is 33.1 Å². The standard InChI is InChI=1S/C13H18N2O/c1-13(2,6-14)15-12(16)11-9-7-3-4-8(5-7)10(9)11/h7-11H,3-5H2,1-2H3,(H,15,16). The van der Waals surface area contributed by atoms with Crippen LogP contribution < -0.4 is 5.32 Å². The topological polar surface area (TPSA) is 52.9 Å². The van der Waals surface area contributed by atoms with E-state index in [9.17, 15) is 4.79 Å². The number of carbonyl (C=O) groups is 1. The van der Waals surface area contributed by atoms with Crippen molar-refractivity contribution in [2.75, 3.05) is 0 Å². The lowest BCUT2D eigenvalue weighted by Crippen LogP contribution is -2.43. The Morgan fingerprint density at radius 1 is 1.31 bits per heavy atom. The highest BCUT2D eigenvalue weighted by atomic mass is 16.2. The van der Waals surface area contributed by atoms with Crippen molar-refractivity contribution in [2.45, 2.75) is 38.6 Å². The van der Waals surface area contributed by atoms with E-state index in [0.29, 0.717) is 11.8 Å². The van der Waals surface area contributed by atoms with Crippen LogP contribution in [0.3, 0.4) is 0 Å². The Morgan fingerprint density at radius 3 is 2.38 bits per heavy atom. The summed E-state index contributed by atoms with van der Waals surface area (Å²) in [5, 5.41) is 11.8. The lowest BCUT2D eigenvalue weighted by Gasteiger charge is -2.18. The summed E-state index contributed by atoms with van der Waals surface area (Å²) in [4.78, 5) is 12.1. The number of hydrogen-bond acceptors (Lipinski definition) is 2. The zero-order chi connectivity index (χ0) is 11.5. The maximum absolute atomic E-state index is 12.1. The minimum Gasteiger partial charge on any atom is -0.338 e. The highest BCUT2D eigenvalue weighted by Gasteiger charge is 2.67. The molecular weight excluding hydrogens is 200 g/mol. The van der Waals surface area contributed by atoms with Gasteiger partial charge in [0.1, 0.15) is 5.54 Å². The molecule has 3 saturated carbocycles. The van der Waals surface area contributed by atoms with E-state index >= 15 is 0 Å². The van der Waals surface area contributed by atoms with Crippen molar-refractivity contribution < 1.29 is 4.79 Å². The predicted molar refractivity (Wildman–Crippen MR) is 59.1 cm³/mol. The number of nitriles is 1. The van der Waals surface area contributed by atoms with Crippen LogP contribution in [0, 0.1) is 40.9 Å². The molecule has 16 heavy (non-hydrogen) atoms. The zero-order valence-electron chi connectivity index (χ0n) is 9.86. The first-order valence-electron chi connectivity index (χ1n) is 6.27. The third-order valence-corrected chi connectivity index (χ3v) is 4.75. The molecule has 86 valence electrons. The summed E-state index contributed by atoms with van der Waals surface area (Å²) in [6.45, 7) is 3.52. The summed E-state index contributed by atoms with van der Waals surface area (Å²) in [7, 11) is 0. The van der Waals surface area contributed by atoms with Crippen molar-refractivity contribution >= 4 is 5.91 Å². The molecule has 3 heteroatoms. The zero-order valence-corrected chi connectivity index (χ0v) is 9.86. The van der Waals surface area contributed by atoms with Crippen molar-refractivity contribution in [3.63, 3.8) is 0 Å². The third kappa shape index (κ3) is 1.29. The Morgan fingerprint density at radius 2 is 1.88 bits per heavy atom. The molecule has 0 aliphatic heterocycles. The molecule has 0 aromatic rings. The van der Waals surface area contributed by atoms with Crippen LogP contribution in [0.4, 0.5) is 0 Å². The monoisotopic (exact) mass is 218 g/mol. The van der Waals surface area contributed by atoms with Crippen LogP contribution in [0.25, 0.3) is 0 Å². The Labute approximate surface area is 96.2 Å². The summed E-state index contributed by atoms with van der Waals surface area (Å²) in [6.07, 6.45) is 4.02. The summed E-state index contributed by atoms with van der Waals surface area (Å²) < 4.78 is 0. The van der Waals surface area contributed by atoms with Gasteiger partial charge in [-0.15, -0.1) is 0 Å². The minimum atomic E-state index is -0.715. The second kappa shape index (κ2) is 3.00. The summed E-state index contributed by atoms with van der Waals surface area (Å²) in [5.74, 6) is 3.31. The molecule has 0 aromatic heterocycles. The Hall–Kier alpha value is -1.04. The largest absolute Gasteiger partial charge is 0.338 e. The number of nitrogens with one attached hydrogen (secondary N) is 1. The first kappa shape index (κ1) is 10.1. The van der Waals surface area contributed by atoms with Crippen LogP contribution >= 0.6 is 0 Å². The predicted octanol–water partition coefficient (Wildman–Crippen LogP) is 1.70. The van der Waals surface area contributed by atoms with Crippen molar-refractivity contribution in [2.24, 2.45) is 29.6 Å². The highest BCUT2D eigenvalue weighted by Crippen LogP contribution is 2.69. The lowest BCUT2D eigenvalue weighted by atomic mass is 10.0. The molecule has 0 radical (unpaired) electrons. The fraction of sp³-hybridized carbons (Fsp3) is 0.846. The van der Waals surface area contributed by atoms with E-state index in [-0.39, 0.29) is 11.8 Å². The van der Waals surface area contributed by atoms with Gasteiger partial charge < -0.3 is 5.32 Å². The molecule has 0 saturated heterocycles. The third-order valence-electron chi connectivity index (χ3n) is 4.75. The fourth-order valence-electron chi connectivity index (χ4n) is 4.09. The van der Waals surface area contributed by atoms with Crippen LogP contribution in [0.2, 0.25) is 0 Å². The van der Waals surface area contributed by atoms with Gasteiger partial charge >= 0.3 is 0 Å². The van der Waals surface area contributed by atoms with Crippen LogP contribution in [-0.4, -0.2) is 11.4 Å². The van der Waals surface area contributed by atoms with Crippen molar-refractivity contribution in [3.05, 3.63) is 0 Å². The van der Waals surface area contributed by atoms with Gasteiger partial charge in [0.25, 0.3) is 0 Å². The Kier molecular flexibility index (Phi) is 1.90. The van der Waals surface area contributed by atoms with Gasteiger partial charge in [-0.2, -0.15) is 5.26 Å². The molecule has 0 aromatic carbocycles. The summed E-state index contributed by atoms with van der Waals surface area (Å²) >= 11 is 0. The maximum atomic E-state index is 12.1. The van der Waals surface area contributed by atoms with Gasteiger partial charge in [0.05, 0.1) is 6.07 Å². The van der Waals surface area contributed by atoms with Crippen molar-refractivity contribution in [1.29, 1.82) is 5.26 Å². The highest BCUT2D eigenvalue weighted by molar-refractivity contribution is 5.83. The quantitative estimate of drug-likeness (QED) is 0.767. The van der Waals surface area contributed by atoms with Gasteiger partial charge in [-0.25, -0.2) is 0 Å².